The summed E-state index contributed by atoms with van der Waals surface area (Å²) in [5, 5.41) is 39.4. The summed E-state index contributed by atoms with van der Waals surface area (Å²) in [6.07, 6.45) is 1.84. The van der Waals surface area contributed by atoms with E-state index in [2.05, 4.69) is 5.32 Å². The van der Waals surface area contributed by atoms with Crippen LogP contribution in [0.4, 0.5) is 0 Å². The minimum atomic E-state index is -1.27. The van der Waals surface area contributed by atoms with Gasteiger partial charge in [-0.25, -0.2) is 0 Å². The van der Waals surface area contributed by atoms with Gasteiger partial charge in [0.1, 0.15) is 6.10 Å². The Bertz CT molecular complexity index is 266. The number of nitrogens with one attached hydrogen (secondary N) is 1. The van der Waals surface area contributed by atoms with E-state index in [1.165, 1.54) is 0 Å². The second kappa shape index (κ2) is 13.0. The van der Waals surface area contributed by atoms with Crippen LogP contribution < -0.4 is 11.1 Å². The van der Waals surface area contributed by atoms with Crippen LogP contribution in [0.1, 0.15) is 44.9 Å². The second-order valence-corrected chi connectivity index (χ2v) is 5.32. The molecule has 21 heavy (non-hydrogen) atoms. The highest BCUT2D eigenvalue weighted by molar-refractivity contribution is 5.75. The van der Waals surface area contributed by atoms with E-state index >= 15 is 0 Å². The second-order valence-electron chi connectivity index (χ2n) is 5.32. The van der Waals surface area contributed by atoms with Crippen LogP contribution in [0.2, 0.25) is 0 Å². The van der Waals surface area contributed by atoms with Gasteiger partial charge in [-0.3, -0.25) is 4.79 Å². The first kappa shape index (κ1) is 20.3. The van der Waals surface area contributed by atoms with Crippen LogP contribution in [0.3, 0.4) is 0 Å². The topological polar surface area (TPSA) is 136 Å². The fraction of sp³-hybridized carbons (Fsp3) is 0.929. The lowest BCUT2D eigenvalue weighted by Crippen LogP contribution is -2.38. The smallest absolute Gasteiger partial charge is 0.220 e. The fourth-order valence-electron chi connectivity index (χ4n) is 1.92. The van der Waals surface area contributed by atoms with E-state index in [1.54, 1.807) is 0 Å². The zero-order valence-electron chi connectivity index (χ0n) is 12.6. The molecule has 0 spiro atoms. The number of aliphatic hydroxyl groups excluding tert-OH is 4. The van der Waals surface area contributed by atoms with Gasteiger partial charge in [-0.15, -0.1) is 0 Å². The number of hydrogen-bond donors (Lipinski definition) is 6. The van der Waals surface area contributed by atoms with E-state index in [0.29, 0.717) is 13.0 Å². The monoisotopic (exact) mass is 306 g/mol. The number of hydrogen-bond acceptors (Lipinski definition) is 6. The van der Waals surface area contributed by atoms with Crippen LogP contribution in [0.5, 0.6) is 0 Å². The van der Waals surface area contributed by atoms with E-state index in [0.717, 1.165) is 32.1 Å². The number of aliphatic hydroxyl groups is 4. The molecule has 0 fully saturated rings. The van der Waals surface area contributed by atoms with E-state index < -0.39 is 24.9 Å². The SMILES string of the molecule is NCCCCCCCC(=O)NC[C@H](O)C[C@H](O)[C@H](O)CO. The minimum Gasteiger partial charge on any atom is -0.394 e. The van der Waals surface area contributed by atoms with E-state index in [1.807, 2.05) is 0 Å². The Hall–Kier alpha value is -0.730. The lowest BCUT2D eigenvalue weighted by Gasteiger charge is -2.19. The quantitative estimate of drug-likeness (QED) is 0.238. The summed E-state index contributed by atoms with van der Waals surface area (Å²) in [6, 6.07) is 0. The van der Waals surface area contributed by atoms with Gasteiger partial charge in [-0.1, -0.05) is 19.3 Å². The summed E-state index contributed by atoms with van der Waals surface area (Å²) >= 11 is 0. The van der Waals surface area contributed by atoms with Crippen LogP contribution in [-0.4, -0.2) is 64.3 Å². The molecule has 7 N–H and O–H groups in total. The molecule has 0 aliphatic rings. The Balaban J connectivity index is 3.59. The first-order chi connectivity index (χ1) is 10.0. The van der Waals surface area contributed by atoms with Gasteiger partial charge >= 0.3 is 0 Å². The molecule has 0 aliphatic heterocycles. The lowest BCUT2D eigenvalue weighted by atomic mass is 10.1. The molecule has 0 rings (SSSR count). The first-order valence-electron chi connectivity index (χ1n) is 7.63. The number of carbonyl (C=O) groups excluding carboxylic acids is 1. The molecule has 0 bridgehead atoms. The molecule has 3 atom stereocenters. The predicted molar refractivity (Wildman–Crippen MR) is 79.5 cm³/mol. The molecule has 0 saturated carbocycles. The van der Waals surface area contributed by atoms with Gasteiger partial charge in [0.05, 0.1) is 18.8 Å². The predicted octanol–water partition coefficient (Wildman–Crippen LogP) is -1.13. The summed E-state index contributed by atoms with van der Waals surface area (Å²) in [5.41, 5.74) is 5.39. The number of unbranched alkanes of at least 4 members (excludes halogenated alkanes) is 4. The molecule has 0 saturated heterocycles. The lowest BCUT2D eigenvalue weighted by molar-refractivity contribution is -0.121. The van der Waals surface area contributed by atoms with Crippen molar-refractivity contribution in [1.82, 2.24) is 5.32 Å². The molecule has 0 radical (unpaired) electrons. The van der Waals surface area contributed by atoms with Crippen LogP contribution in [0, 0.1) is 0 Å². The number of carbonyl (C=O) groups is 1. The molecule has 126 valence electrons. The van der Waals surface area contributed by atoms with Crippen molar-refractivity contribution in [3.8, 4) is 0 Å². The van der Waals surface area contributed by atoms with Crippen molar-refractivity contribution in [2.75, 3.05) is 19.7 Å². The largest absolute Gasteiger partial charge is 0.394 e. The number of amides is 1. The van der Waals surface area contributed by atoms with Crippen molar-refractivity contribution in [1.29, 1.82) is 0 Å². The Kier molecular flexibility index (Phi) is 12.5. The van der Waals surface area contributed by atoms with Crippen molar-refractivity contribution < 1.29 is 25.2 Å². The van der Waals surface area contributed by atoms with Crippen molar-refractivity contribution >= 4 is 5.91 Å². The Morgan fingerprint density at radius 1 is 1.00 bits per heavy atom. The standard InChI is InChI=1S/C14H30N2O5/c15-7-5-3-1-2-4-6-14(21)16-9-11(18)8-12(19)13(20)10-17/h11-13,17-20H,1-10,15H2,(H,16,21)/t11-,12+,13-/m1/s1. The van der Waals surface area contributed by atoms with Gasteiger partial charge in [0.2, 0.25) is 5.91 Å². The third-order valence-corrected chi connectivity index (χ3v) is 3.29. The summed E-state index contributed by atoms with van der Waals surface area (Å²) in [7, 11) is 0. The minimum absolute atomic E-state index is 0.0290. The third-order valence-electron chi connectivity index (χ3n) is 3.29. The Morgan fingerprint density at radius 3 is 2.24 bits per heavy atom. The molecule has 0 unspecified atom stereocenters. The molecule has 0 heterocycles. The number of nitrogens with two attached hydrogens (primary N) is 1. The van der Waals surface area contributed by atoms with Crippen molar-refractivity contribution in [3.63, 3.8) is 0 Å². The van der Waals surface area contributed by atoms with Gasteiger partial charge in [0, 0.05) is 19.4 Å². The molecule has 0 aromatic rings. The molecule has 1 amide bonds. The Labute approximate surface area is 126 Å². The highest BCUT2D eigenvalue weighted by Crippen LogP contribution is 2.05. The summed E-state index contributed by atoms with van der Waals surface area (Å²) in [6.45, 7) is 0.167. The van der Waals surface area contributed by atoms with Gasteiger partial charge in [0.25, 0.3) is 0 Å². The maximum absolute atomic E-state index is 11.5. The summed E-state index contributed by atoms with van der Waals surface area (Å²) in [4.78, 5) is 11.5. The molecule has 0 aliphatic carbocycles. The van der Waals surface area contributed by atoms with Crippen LogP contribution >= 0.6 is 0 Å². The van der Waals surface area contributed by atoms with E-state index in [4.69, 9.17) is 15.9 Å². The van der Waals surface area contributed by atoms with Gasteiger partial charge in [-0.05, 0) is 19.4 Å². The highest BCUT2D eigenvalue weighted by atomic mass is 16.4. The first-order valence-corrected chi connectivity index (χ1v) is 7.63. The maximum atomic E-state index is 11.5. The molecular formula is C14H30N2O5. The molecular weight excluding hydrogens is 276 g/mol. The van der Waals surface area contributed by atoms with Crippen LogP contribution in [-0.2, 0) is 4.79 Å². The highest BCUT2D eigenvalue weighted by Gasteiger charge is 2.19. The van der Waals surface area contributed by atoms with Gasteiger partial charge < -0.3 is 31.5 Å². The summed E-state index contributed by atoms with van der Waals surface area (Å²) in [5.74, 6) is -0.134. The zero-order chi connectivity index (χ0) is 16.1. The van der Waals surface area contributed by atoms with Crippen molar-refractivity contribution in [2.45, 2.75) is 63.3 Å². The zero-order valence-corrected chi connectivity index (χ0v) is 12.6. The molecule has 0 aromatic carbocycles. The fourth-order valence-corrected chi connectivity index (χ4v) is 1.92. The molecule has 0 aromatic heterocycles. The normalized spacial score (nSPS) is 15.5. The maximum Gasteiger partial charge on any atom is 0.220 e. The number of rotatable bonds is 13. The van der Waals surface area contributed by atoms with Crippen molar-refractivity contribution in [2.24, 2.45) is 5.73 Å². The molecule has 7 nitrogen and oxygen atoms in total. The third kappa shape index (κ3) is 11.6. The van der Waals surface area contributed by atoms with E-state index in [-0.39, 0.29) is 18.9 Å². The average Bonchev–Trinajstić information content (AvgIpc) is 2.47. The van der Waals surface area contributed by atoms with Gasteiger partial charge in [0.15, 0.2) is 0 Å². The average molecular weight is 306 g/mol. The Morgan fingerprint density at radius 2 is 1.62 bits per heavy atom. The van der Waals surface area contributed by atoms with Crippen molar-refractivity contribution in [3.05, 3.63) is 0 Å². The van der Waals surface area contributed by atoms with Crippen LogP contribution in [0.25, 0.3) is 0 Å². The van der Waals surface area contributed by atoms with E-state index in [9.17, 15) is 15.0 Å². The van der Waals surface area contributed by atoms with Gasteiger partial charge in [-0.2, -0.15) is 0 Å². The molecule has 7 heteroatoms. The summed E-state index contributed by atoms with van der Waals surface area (Å²) < 4.78 is 0. The van der Waals surface area contributed by atoms with Crippen LogP contribution in [0.15, 0.2) is 0 Å².